The highest BCUT2D eigenvalue weighted by atomic mass is 19.4. The zero-order valence-corrected chi connectivity index (χ0v) is 10.4. The van der Waals surface area contributed by atoms with E-state index in [1.54, 1.807) is 0 Å². The molecule has 0 spiro atoms. The number of carbonyl (C=O) groups is 2. The van der Waals surface area contributed by atoms with Gasteiger partial charge in [-0.25, -0.2) is 9.59 Å². The van der Waals surface area contributed by atoms with Gasteiger partial charge in [-0.15, -0.1) is 0 Å². The second-order valence-electron chi connectivity index (χ2n) is 3.86. The molecule has 1 rings (SSSR count). The van der Waals surface area contributed by atoms with Gasteiger partial charge in [-0.05, 0) is 30.7 Å². The zero-order valence-electron chi connectivity index (χ0n) is 10.4. The van der Waals surface area contributed by atoms with E-state index in [0.29, 0.717) is 6.42 Å². The Hall–Kier alpha value is -2.25. The Morgan fingerprint density at radius 2 is 1.80 bits per heavy atom. The number of hydrogen-bond acceptors (Lipinski definition) is 3. The first-order chi connectivity index (χ1) is 9.30. The van der Waals surface area contributed by atoms with Crippen molar-refractivity contribution in [3.05, 3.63) is 35.4 Å². The predicted molar refractivity (Wildman–Crippen MR) is 63.9 cm³/mol. The lowest BCUT2D eigenvalue weighted by Crippen LogP contribution is -2.30. The Kier molecular flexibility index (Phi) is 5.36. The Bertz CT molecular complexity index is 472. The molecular formula is C12H13F3N2O3. The Morgan fingerprint density at radius 1 is 1.20 bits per heavy atom. The molecule has 1 aromatic carbocycles. The van der Waals surface area contributed by atoms with Crippen LogP contribution in [0.3, 0.4) is 0 Å². The van der Waals surface area contributed by atoms with Gasteiger partial charge in [0.15, 0.2) is 0 Å². The first-order valence-corrected chi connectivity index (χ1v) is 5.68. The number of ether oxygens (including phenoxy) is 1. The predicted octanol–water partition coefficient (Wildman–Crippen LogP) is 1.92. The molecule has 0 aliphatic carbocycles. The van der Waals surface area contributed by atoms with E-state index in [2.05, 4.69) is 5.32 Å². The highest BCUT2D eigenvalue weighted by molar-refractivity contribution is 5.89. The number of rotatable bonds is 5. The summed E-state index contributed by atoms with van der Waals surface area (Å²) in [5, 5.41) is 2.31. The molecule has 0 heterocycles. The molecular weight excluding hydrogens is 277 g/mol. The minimum absolute atomic E-state index is 0.0279. The number of nitrogens with two attached hydrogens (primary N) is 1. The summed E-state index contributed by atoms with van der Waals surface area (Å²) in [6.07, 6.45) is -4.09. The van der Waals surface area contributed by atoms with E-state index in [0.717, 1.165) is 24.3 Å². The molecule has 3 N–H and O–H groups in total. The maximum atomic E-state index is 12.3. The lowest BCUT2D eigenvalue weighted by Gasteiger charge is -2.08. The fourth-order valence-electron chi connectivity index (χ4n) is 1.33. The summed E-state index contributed by atoms with van der Waals surface area (Å²) in [6, 6.07) is 3.04. The van der Waals surface area contributed by atoms with Gasteiger partial charge in [0.25, 0.3) is 0 Å². The number of nitrogens with one attached hydrogen (secondary N) is 1. The zero-order chi connectivity index (χ0) is 15.2. The standard InChI is InChI=1S/C12H13F3N2O3/c13-12(14,15)9-4-2-8(3-5-9)10(18)20-7-1-6-17-11(16)19/h2-5H,1,6-7H2,(H3,16,17,19). The Morgan fingerprint density at radius 3 is 2.30 bits per heavy atom. The van der Waals surface area contributed by atoms with Gasteiger partial charge < -0.3 is 15.8 Å². The quantitative estimate of drug-likeness (QED) is 0.642. The van der Waals surface area contributed by atoms with Crippen molar-refractivity contribution in [3.63, 3.8) is 0 Å². The van der Waals surface area contributed by atoms with Gasteiger partial charge in [0.1, 0.15) is 0 Å². The lowest BCUT2D eigenvalue weighted by atomic mass is 10.1. The van der Waals surface area contributed by atoms with Crippen LogP contribution >= 0.6 is 0 Å². The van der Waals surface area contributed by atoms with Crippen molar-refractivity contribution in [3.8, 4) is 0 Å². The molecule has 20 heavy (non-hydrogen) atoms. The first kappa shape index (κ1) is 15.8. The molecule has 0 unspecified atom stereocenters. The van der Waals surface area contributed by atoms with Crippen LogP contribution in [0.5, 0.6) is 0 Å². The summed E-state index contributed by atoms with van der Waals surface area (Å²) in [4.78, 5) is 21.8. The van der Waals surface area contributed by atoms with Gasteiger partial charge >= 0.3 is 18.2 Å². The number of amides is 2. The van der Waals surface area contributed by atoms with Gasteiger partial charge in [-0.2, -0.15) is 13.2 Å². The first-order valence-electron chi connectivity index (χ1n) is 5.68. The van der Waals surface area contributed by atoms with Crippen molar-refractivity contribution in [1.29, 1.82) is 0 Å². The molecule has 8 heteroatoms. The summed E-state index contributed by atoms with van der Waals surface area (Å²) in [6.45, 7) is 0.274. The monoisotopic (exact) mass is 290 g/mol. The minimum atomic E-state index is -4.44. The molecule has 0 saturated heterocycles. The van der Waals surface area contributed by atoms with Crippen molar-refractivity contribution in [1.82, 2.24) is 5.32 Å². The van der Waals surface area contributed by atoms with E-state index in [4.69, 9.17) is 10.5 Å². The third kappa shape index (κ3) is 5.17. The normalized spacial score (nSPS) is 10.9. The van der Waals surface area contributed by atoms with E-state index in [-0.39, 0.29) is 18.7 Å². The van der Waals surface area contributed by atoms with E-state index in [1.165, 1.54) is 0 Å². The molecule has 0 radical (unpaired) electrons. The van der Waals surface area contributed by atoms with Crippen LogP contribution in [0.25, 0.3) is 0 Å². The SMILES string of the molecule is NC(=O)NCCCOC(=O)c1ccc(C(F)(F)F)cc1. The van der Waals surface area contributed by atoms with Crippen molar-refractivity contribution >= 4 is 12.0 Å². The molecule has 0 aliphatic heterocycles. The fourth-order valence-corrected chi connectivity index (χ4v) is 1.33. The van der Waals surface area contributed by atoms with E-state index in [1.807, 2.05) is 0 Å². The maximum Gasteiger partial charge on any atom is 0.416 e. The molecule has 5 nitrogen and oxygen atoms in total. The molecule has 0 aliphatic rings. The second-order valence-corrected chi connectivity index (χ2v) is 3.86. The smallest absolute Gasteiger partial charge is 0.416 e. The molecule has 1 aromatic rings. The van der Waals surface area contributed by atoms with Crippen molar-refractivity contribution in [2.75, 3.05) is 13.2 Å². The van der Waals surface area contributed by atoms with E-state index in [9.17, 15) is 22.8 Å². The average Bonchev–Trinajstić information content (AvgIpc) is 2.37. The minimum Gasteiger partial charge on any atom is -0.462 e. The molecule has 0 bridgehead atoms. The highest BCUT2D eigenvalue weighted by Gasteiger charge is 2.30. The third-order valence-corrected chi connectivity index (χ3v) is 2.30. The summed E-state index contributed by atoms with van der Waals surface area (Å²) >= 11 is 0. The van der Waals surface area contributed by atoms with Crippen molar-refractivity contribution in [2.24, 2.45) is 5.73 Å². The summed E-state index contributed by atoms with van der Waals surface area (Å²) in [5.41, 5.74) is 4.02. The summed E-state index contributed by atoms with van der Waals surface area (Å²) in [5.74, 6) is -0.724. The van der Waals surface area contributed by atoms with Gasteiger partial charge in [0, 0.05) is 6.54 Å². The molecule has 2 amide bonds. The van der Waals surface area contributed by atoms with Crippen molar-refractivity contribution < 1.29 is 27.5 Å². The van der Waals surface area contributed by atoms with Gasteiger partial charge in [-0.1, -0.05) is 0 Å². The summed E-state index contributed by atoms with van der Waals surface area (Å²) in [7, 11) is 0. The average molecular weight is 290 g/mol. The molecule has 0 saturated carbocycles. The number of carbonyl (C=O) groups excluding carboxylic acids is 2. The largest absolute Gasteiger partial charge is 0.462 e. The van der Waals surface area contributed by atoms with Crippen LogP contribution in [-0.2, 0) is 10.9 Å². The van der Waals surface area contributed by atoms with Gasteiger partial charge in [0.2, 0.25) is 0 Å². The number of esters is 1. The van der Waals surface area contributed by atoms with Crippen LogP contribution in [0.15, 0.2) is 24.3 Å². The number of alkyl halides is 3. The second kappa shape index (κ2) is 6.78. The number of benzene rings is 1. The molecule has 0 fully saturated rings. The van der Waals surface area contributed by atoms with Crippen molar-refractivity contribution in [2.45, 2.75) is 12.6 Å². The van der Waals surface area contributed by atoms with E-state index >= 15 is 0 Å². The van der Waals surface area contributed by atoms with E-state index < -0.39 is 23.7 Å². The van der Waals surface area contributed by atoms with Gasteiger partial charge in [-0.3, -0.25) is 0 Å². The van der Waals surface area contributed by atoms with Crippen LogP contribution in [0, 0.1) is 0 Å². The number of halogens is 3. The van der Waals surface area contributed by atoms with Crippen LogP contribution < -0.4 is 11.1 Å². The maximum absolute atomic E-state index is 12.3. The number of hydrogen-bond donors (Lipinski definition) is 2. The molecule has 110 valence electrons. The molecule has 0 atom stereocenters. The Balaban J connectivity index is 2.42. The Labute approximate surface area is 112 Å². The highest BCUT2D eigenvalue weighted by Crippen LogP contribution is 2.29. The van der Waals surface area contributed by atoms with Crippen LogP contribution in [-0.4, -0.2) is 25.2 Å². The number of urea groups is 1. The third-order valence-electron chi connectivity index (χ3n) is 2.30. The summed E-state index contributed by atoms with van der Waals surface area (Å²) < 4.78 is 41.8. The lowest BCUT2D eigenvalue weighted by molar-refractivity contribution is -0.137. The fraction of sp³-hybridized carbons (Fsp3) is 0.333. The number of primary amides is 1. The van der Waals surface area contributed by atoms with Gasteiger partial charge in [0.05, 0.1) is 17.7 Å². The van der Waals surface area contributed by atoms with Crippen LogP contribution in [0.1, 0.15) is 22.3 Å². The molecule has 0 aromatic heterocycles. The topological polar surface area (TPSA) is 81.4 Å². The van der Waals surface area contributed by atoms with Crippen LogP contribution in [0.2, 0.25) is 0 Å². The van der Waals surface area contributed by atoms with Crippen LogP contribution in [0.4, 0.5) is 18.0 Å².